The van der Waals surface area contributed by atoms with E-state index in [4.69, 9.17) is 0 Å². The Morgan fingerprint density at radius 3 is 2.10 bits per heavy atom. The fraction of sp³-hybridized carbons (Fsp3) is 0.0714. The van der Waals surface area contributed by atoms with Gasteiger partial charge in [0, 0.05) is 6.07 Å². The van der Waals surface area contributed by atoms with E-state index in [0.29, 0.717) is 0 Å². The molecule has 5 nitrogen and oxygen atoms in total. The summed E-state index contributed by atoms with van der Waals surface area (Å²) in [7, 11) is -3.88. The van der Waals surface area contributed by atoms with Crippen molar-refractivity contribution < 1.29 is 18.6 Å². The molecule has 20 heavy (non-hydrogen) atoms. The molecule has 2 rings (SSSR count). The number of aromatic hydroxyl groups is 2. The van der Waals surface area contributed by atoms with Gasteiger partial charge in [0.1, 0.15) is 0 Å². The van der Waals surface area contributed by atoms with Crippen LogP contribution < -0.4 is 5.43 Å². The SMILES string of the molecule is Cc1cc(O)c(=O)c(O)cc1S(=O)(=O)c1ccccc1. The van der Waals surface area contributed by atoms with Crippen LogP contribution >= 0.6 is 0 Å². The minimum Gasteiger partial charge on any atom is -0.504 e. The van der Waals surface area contributed by atoms with Crippen LogP contribution in [0.15, 0.2) is 57.1 Å². The second kappa shape index (κ2) is 4.97. The van der Waals surface area contributed by atoms with Crippen molar-refractivity contribution >= 4 is 9.84 Å². The maximum atomic E-state index is 12.5. The van der Waals surface area contributed by atoms with Gasteiger partial charge < -0.3 is 10.2 Å². The number of hydrogen-bond acceptors (Lipinski definition) is 5. The van der Waals surface area contributed by atoms with E-state index in [1.165, 1.54) is 19.1 Å². The molecular formula is C14H12O5S. The summed E-state index contributed by atoms with van der Waals surface area (Å²) in [6.07, 6.45) is 0. The smallest absolute Gasteiger partial charge is 0.261 e. The van der Waals surface area contributed by atoms with Crippen LogP contribution in [-0.4, -0.2) is 18.6 Å². The number of benzene rings is 1. The van der Waals surface area contributed by atoms with Gasteiger partial charge in [-0.1, -0.05) is 18.2 Å². The maximum Gasteiger partial charge on any atom is 0.261 e. The summed E-state index contributed by atoms with van der Waals surface area (Å²) in [5.41, 5.74) is -0.841. The van der Waals surface area contributed by atoms with Gasteiger partial charge in [-0.2, -0.15) is 0 Å². The van der Waals surface area contributed by atoms with Crippen LogP contribution in [0.3, 0.4) is 0 Å². The lowest BCUT2D eigenvalue weighted by atomic mass is 10.3. The van der Waals surface area contributed by atoms with Crippen LogP contribution in [0.1, 0.15) is 5.56 Å². The number of aryl methyl sites for hydroxylation is 1. The van der Waals surface area contributed by atoms with Gasteiger partial charge >= 0.3 is 0 Å². The summed E-state index contributed by atoms with van der Waals surface area (Å²) in [6, 6.07) is 9.53. The molecule has 0 unspecified atom stereocenters. The average molecular weight is 292 g/mol. The lowest BCUT2D eigenvalue weighted by Gasteiger charge is -2.05. The minimum absolute atomic E-state index is 0.0423. The van der Waals surface area contributed by atoms with Gasteiger partial charge in [0.05, 0.1) is 9.79 Å². The van der Waals surface area contributed by atoms with E-state index >= 15 is 0 Å². The lowest BCUT2D eigenvalue weighted by molar-refractivity contribution is 0.444. The molecule has 0 saturated carbocycles. The molecule has 0 radical (unpaired) electrons. The normalized spacial score (nSPS) is 11.2. The third kappa shape index (κ3) is 2.37. The van der Waals surface area contributed by atoms with Gasteiger partial charge in [-0.05, 0) is 30.7 Å². The molecule has 0 atom stereocenters. The van der Waals surface area contributed by atoms with Crippen molar-refractivity contribution in [3.05, 3.63) is 58.3 Å². The Kier molecular flexibility index (Phi) is 3.50. The quantitative estimate of drug-likeness (QED) is 0.877. The van der Waals surface area contributed by atoms with Crippen molar-refractivity contribution in [2.45, 2.75) is 16.7 Å². The highest BCUT2D eigenvalue weighted by Gasteiger charge is 2.21. The first-order valence-corrected chi connectivity index (χ1v) is 7.19. The largest absolute Gasteiger partial charge is 0.504 e. The van der Waals surface area contributed by atoms with Crippen molar-refractivity contribution in [1.29, 1.82) is 0 Å². The zero-order chi connectivity index (χ0) is 14.9. The molecule has 2 N–H and O–H groups in total. The summed E-state index contributed by atoms with van der Waals surface area (Å²) >= 11 is 0. The summed E-state index contributed by atoms with van der Waals surface area (Å²) in [5.74, 6) is -1.51. The maximum absolute atomic E-state index is 12.5. The molecule has 0 fully saturated rings. The summed E-state index contributed by atoms with van der Waals surface area (Å²) < 4.78 is 24.9. The van der Waals surface area contributed by atoms with Gasteiger partial charge in [-0.3, -0.25) is 4.79 Å². The Labute approximate surface area is 115 Å². The monoisotopic (exact) mass is 292 g/mol. The van der Waals surface area contributed by atoms with Crippen molar-refractivity contribution in [2.24, 2.45) is 0 Å². The molecule has 0 aromatic heterocycles. The van der Waals surface area contributed by atoms with Gasteiger partial charge in [0.15, 0.2) is 11.5 Å². The van der Waals surface area contributed by atoms with Gasteiger partial charge in [0.25, 0.3) is 5.43 Å². The van der Waals surface area contributed by atoms with E-state index in [9.17, 15) is 23.4 Å². The molecule has 0 aliphatic heterocycles. The van der Waals surface area contributed by atoms with E-state index in [0.717, 1.165) is 12.1 Å². The molecule has 2 aromatic carbocycles. The van der Waals surface area contributed by atoms with Crippen LogP contribution in [0.25, 0.3) is 0 Å². The Bertz CT molecular complexity index is 811. The third-order valence-corrected chi connectivity index (χ3v) is 4.73. The molecule has 2 aromatic rings. The Hall–Kier alpha value is -2.34. The molecule has 0 amide bonds. The van der Waals surface area contributed by atoms with E-state index in [-0.39, 0.29) is 15.4 Å². The van der Waals surface area contributed by atoms with E-state index in [1.807, 2.05) is 0 Å². The van der Waals surface area contributed by atoms with Gasteiger partial charge in [-0.25, -0.2) is 8.42 Å². The van der Waals surface area contributed by atoms with Crippen LogP contribution in [0.5, 0.6) is 11.5 Å². The molecule has 0 saturated heterocycles. The summed E-state index contributed by atoms with van der Waals surface area (Å²) in [5, 5.41) is 19.0. The van der Waals surface area contributed by atoms with Crippen LogP contribution in [0.4, 0.5) is 0 Å². The summed E-state index contributed by atoms with van der Waals surface area (Å²) in [6.45, 7) is 1.44. The fourth-order valence-corrected chi connectivity index (χ4v) is 3.31. The van der Waals surface area contributed by atoms with E-state index in [1.54, 1.807) is 18.2 Å². The lowest BCUT2D eigenvalue weighted by Crippen LogP contribution is -2.03. The second-order valence-electron chi connectivity index (χ2n) is 4.25. The highest BCUT2D eigenvalue weighted by molar-refractivity contribution is 7.91. The number of sulfone groups is 1. The fourth-order valence-electron chi connectivity index (χ4n) is 1.79. The minimum atomic E-state index is -3.88. The zero-order valence-corrected chi connectivity index (χ0v) is 11.4. The molecule has 0 bridgehead atoms. The van der Waals surface area contributed by atoms with Gasteiger partial charge in [0.2, 0.25) is 9.84 Å². The summed E-state index contributed by atoms with van der Waals surface area (Å²) in [4.78, 5) is 11.3. The average Bonchev–Trinajstić information content (AvgIpc) is 2.52. The third-order valence-electron chi connectivity index (χ3n) is 2.82. The second-order valence-corrected chi connectivity index (χ2v) is 6.17. The molecule has 0 aliphatic carbocycles. The highest BCUT2D eigenvalue weighted by Crippen LogP contribution is 2.26. The molecule has 0 spiro atoms. The topological polar surface area (TPSA) is 91.7 Å². The Balaban J connectivity index is 2.81. The predicted molar refractivity (Wildman–Crippen MR) is 72.7 cm³/mol. The Morgan fingerprint density at radius 2 is 1.50 bits per heavy atom. The molecular weight excluding hydrogens is 280 g/mol. The van der Waals surface area contributed by atoms with Crippen LogP contribution in [0.2, 0.25) is 0 Å². The van der Waals surface area contributed by atoms with Crippen LogP contribution in [-0.2, 0) is 9.84 Å². The van der Waals surface area contributed by atoms with Crippen molar-refractivity contribution in [2.75, 3.05) is 0 Å². The van der Waals surface area contributed by atoms with Crippen LogP contribution in [0, 0.1) is 6.92 Å². The highest BCUT2D eigenvalue weighted by atomic mass is 32.2. The first kappa shape index (κ1) is 14.1. The molecule has 0 aliphatic rings. The Morgan fingerprint density at radius 1 is 0.950 bits per heavy atom. The van der Waals surface area contributed by atoms with E-state index < -0.39 is 26.8 Å². The molecule has 0 heterocycles. The first-order chi connectivity index (χ1) is 9.34. The van der Waals surface area contributed by atoms with E-state index in [2.05, 4.69) is 0 Å². The first-order valence-electron chi connectivity index (χ1n) is 5.71. The van der Waals surface area contributed by atoms with Crippen molar-refractivity contribution in [1.82, 2.24) is 0 Å². The number of hydrogen-bond donors (Lipinski definition) is 2. The molecule has 104 valence electrons. The van der Waals surface area contributed by atoms with Crippen molar-refractivity contribution in [3.8, 4) is 11.5 Å². The van der Waals surface area contributed by atoms with Gasteiger partial charge in [-0.15, -0.1) is 0 Å². The predicted octanol–water partition coefficient (Wildman–Crippen LogP) is 1.60. The number of rotatable bonds is 2. The standard InChI is InChI=1S/C14H12O5S/c1-9-7-11(15)14(17)12(16)8-13(9)20(18,19)10-5-3-2-4-6-10/h2-8H,1H3,(H2,15,16,17). The van der Waals surface area contributed by atoms with Crippen molar-refractivity contribution in [3.63, 3.8) is 0 Å². The molecule has 6 heteroatoms. The zero-order valence-electron chi connectivity index (χ0n) is 10.6.